The van der Waals surface area contributed by atoms with Gasteiger partial charge in [-0.25, -0.2) is 0 Å². The summed E-state index contributed by atoms with van der Waals surface area (Å²) >= 11 is 0. The monoisotopic (exact) mass is 330 g/mol. The highest BCUT2D eigenvalue weighted by molar-refractivity contribution is 5.98. The van der Waals surface area contributed by atoms with Crippen molar-refractivity contribution < 1.29 is 4.57 Å². The van der Waals surface area contributed by atoms with E-state index in [0.717, 1.165) is 0 Å². The van der Waals surface area contributed by atoms with E-state index < -0.39 is 0 Å². The van der Waals surface area contributed by atoms with Gasteiger partial charge in [-0.2, -0.15) is 4.57 Å². The van der Waals surface area contributed by atoms with Crippen molar-refractivity contribution in [3.8, 4) is 5.69 Å². The maximum absolute atomic E-state index is 2.38. The summed E-state index contributed by atoms with van der Waals surface area (Å²) in [4.78, 5) is 4.61. The lowest BCUT2D eigenvalue weighted by molar-refractivity contribution is -0.603. The van der Waals surface area contributed by atoms with Crippen molar-refractivity contribution in [3.63, 3.8) is 0 Å². The molecular weight excluding hydrogens is 306 g/mol. The van der Waals surface area contributed by atoms with Crippen LogP contribution in [0.25, 0.3) is 16.5 Å². The summed E-state index contributed by atoms with van der Waals surface area (Å²) in [6, 6.07) is 17.3. The van der Waals surface area contributed by atoms with Crippen LogP contribution in [0, 0.1) is 13.8 Å². The molecule has 1 aromatic heterocycles. The Morgan fingerprint density at radius 2 is 1.72 bits per heavy atom. The predicted octanol–water partition coefficient (Wildman–Crippen LogP) is 4.30. The zero-order valence-electron chi connectivity index (χ0n) is 15.3. The molecule has 2 aromatic carbocycles. The zero-order chi connectivity index (χ0) is 17.6. The first kappa shape index (κ1) is 15.7. The Hall–Kier alpha value is -2.81. The van der Waals surface area contributed by atoms with Crippen LogP contribution in [0.4, 0.5) is 5.69 Å². The van der Waals surface area contributed by atoms with Gasteiger partial charge in [0.15, 0.2) is 11.9 Å². The lowest BCUT2D eigenvalue weighted by Crippen LogP contribution is -2.37. The highest BCUT2D eigenvalue weighted by atomic mass is 15.4. The highest BCUT2D eigenvalue weighted by Crippen LogP contribution is 2.36. The Bertz CT molecular complexity index is 974. The van der Waals surface area contributed by atoms with Crippen LogP contribution in [0.5, 0.6) is 0 Å². The molecule has 0 radical (unpaired) electrons. The van der Waals surface area contributed by atoms with Crippen LogP contribution in [0.2, 0.25) is 0 Å². The van der Waals surface area contributed by atoms with Gasteiger partial charge in [-0.05, 0) is 19.2 Å². The fourth-order valence-electron chi connectivity index (χ4n) is 3.68. The van der Waals surface area contributed by atoms with Crippen LogP contribution >= 0.6 is 0 Å². The third-order valence-corrected chi connectivity index (χ3v) is 5.28. The van der Waals surface area contributed by atoms with Gasteiger partial charge in [0.05, 0.1) is 5.69 Å². The maximum atomic E-state index is 2.38. The number of aromatic nitrogens is 1. The van der Waals surface area contributed by atoms with E-state index >= 15 is 0 Å². The molecular formula is C22H24N3+. The standard InChI is InChI=1S/C22H24N3/c1-16-9-7-8-12-24(16)21-15-19-10-5-6-11-20(19)22(17(21)2)25-14-13-23(4)18(25)3/h5-15,18H,1-4H3/q+1/t18-/m1/s1. The largest absolute Gasteiger partial charge is 0.359 e. The highest BCUT2D eigenvalue weighted by Gasteiger charge is 2.27. The molecule has 1 aliphatic rings. The quantitative estimate of drug-likeness (QED) is 0.649. The molecule has 1 aliphatic heterocycles. The average molecular weight is 330 g/mol. The van der Waals surface area contributed by atoms with Gasteiger partial charge in [-0.1, -0.05) is 30.3 Å². The first-order valence-electron chi connectivity index (χ1n) is 8.76. The number of hydrogen-bond acceptors (Lipinski definition) is 2. The number of benzene rings is 2. The molecule has 3 aromatic rings. The second-order valence-electron chi connectivity index (χ2n) is 6.81. The van der Waals surface area contributed by atoms with E-state index in [4.69, 9.17) is 0 Å². The lowest BCUT2D eigenvalue weighted by Gasteiger charge is -2.29. The minimum absolute atomic E-state index is 0.305. The Morgan fingerprint density at radius 1 is 0.960 bits per heavy atom. The van der Waals surface area contributed by atoms with Gasteiger partial charge in [0, 0.05) is 55.5 Å². The molecule has 0 saturated heterocycles. The van der Waals surface area contributed by atoms with E-state index in [2.05, 4.69) is 109 Å². The third kappa shape index (κ3) is 2.47. The Balaban J connectivity index is 2.03. The molecule has 25 heavy (non-hydrogen) atoms. The number of anilines is 1. The van der Waals surface area contributed by atoms with Gasteiger partial charge >= 0.3 is 0 Å². The number of fused-ring (bicyclic) bond motifs is 1. The molecule has 0 fully saturated rings. The van der Waals surface area contributed by atoms with Gasteiger partial charge in [-0.15, -0.1) is 0 Å². The third-order valence-electron chi connectivity index (χ3n) is 5.28. The molecule has 0 aliphatic carbocycles. The van der Waals surface area contributed by atoms with E-state index in [1.165, 1.54) is 33.4 Å². The van der Waals surface area contributed by atoms with E-state index in [1.54, 1.807) is 0 Å². The number of nitrogens with zero attached hydrogens (tertiary/aromatic N) is 3. The van der Waals surface area contributed by atoms with E-state index in [-0.39, 0.29) is 0 Å². The summed E-state index contributed by atoms with van der Waals surface area (Å²) in [7, 11) is 2.12. The summed E-state index contributed by atoms with van der Waals surface area (Å²) in [5.41, 5.74) is 5.05. The smallest absolute Gasteiger partial charge is 0.216 e. The van der Waals surface area contributed by atoms with Crippen LogP contribution < -0.4 is 9.47 Å². The molecule has 126 valence electrons. The molecule has 0 spiro atoms. The average Bonchev–Trinajstić information content (AvgIpc) is 2.94. The second-order valence-corrected chi connectivity index (χ2v) is 6.81. The van der Waals surface area contributed by atoms with Crippen molar-refractivity contribution in [3.05, 3.63) is 78.4 Å². The molecule has 2 heterocycles. The number of aryl methyl sites for hydroxylation is 1. The Labute approximate surface area is 149 Å². The number of pyridine rings is 1. The SMILES string of the molecule is Cc1c(-[n+]2ccccc2C)cc2ccccc2c1N1C=CN(C)[C@H]1C. The van der Waals surface area contributed by atoms with Crippen LogP contribution in [0.3, 0.4) is 0 Å². The van der Waals surface area contributed by atoms with Gasteiger partial charge < -0.3 is 9.80 Å². The van der Waals surface area contributed by atoms with E-state index in [1.807, 2.05) is 0 Å². The molecule has 0 saturated carbocycles. The normalized spacial score (nSPS) is 16.9. The molecule has 3 heteroatoms. The minimum Gasteiger partial charge on any atom is -0.359 e. The van der Waals surface area contributed by atoms with Crippen LogP contribution in [0.1, 0.15) is 18.2 Å². The van der Waals surface area contributed by atoms with Crippen molar-refractivity contribution in [1.29, 1.82) is 0 Å². The summed E-state index contributed by atoms with van der Waals surface area (Å²) < 4.78 is 2.28. The molecule has 4 rings (SSSR count). The second kappa shape index (κ2) is 5.92. The van der Waals surface area contributed by atoms with Crippen molar-refractivity contribution in [2.45, 2.75) is 26.9 Å². The first-order chi connectivity index (χ1) is 12.1. The van der Waals surface area contributed by atoms with Crippen molar-refractivity contribution in [1.82, 2.24) is 4.90 Å². The summed E-state index contributed by atoms with van der Waals surface area (Å²) in [5, 5.41) is 2.56. The minimum atomic E-state index is 0.305. The fourth-order valence-corrected chi connectivity index (χ4v) is 3.68. The van der Waals surface area contributed by atoms with Gasteiger partial charge in [-0.3, -0.25) is 0 Å². The number of hydrogen-bond donors (Lipinski definition) is 0. The zero-order valence-corrected chi connectivity index (χ0v) is 15.3. The number of rotatable bonds is 2. The van der Waals surface area contributed by atoms with Crippen LogP contribution in [-0.4, -0.2) is 18.1 Å². The molecule has 3 nitrogen and oxygen atoms in total. The Kier molecular flexibility index (Phi) is 3.72. The van der Waals surface area contributed by atoms with Crippen molar-refractivity contribution in [2.24, 2.45) is 0 Å². The molecule has 1 atom stereocenters. The Morgan fingerprint density at radius 3 is 2.44 bits per heavy atom. The van der Waals surface area contributed by atoms with Crippen LogP contribution in [0.15, 0.2) is 67.1 Å². The lowest BCUT2D eigenvalue weighted by atomic mass is 10.0. The van der Waals surface area contributed by atoms with Crippen molar-refractivity contribution >= 4 is 16.5 Å². The first-order valence-corrected chi connectivity index (χ1v) is 8.76. The van der Waals surface area contributed by atoms with E-state index in [9.17, 15) is 0 Å². The predicted molar refractivity (Wildman–Crippen MR) is 104 cm³/mol. The van der Waals surface area contributed by atoms with E-state index in [0.29, 0.717) is 6.17 Å². The molecule has 0 amide bonds. The van der Waals surface area contributed by atoms with Gasteiger partial charge in [0.25, 0.3) is 0 Å². The maximum Gasteiger partial charge on any atom is 0.216 e. The van der Waals surface area contributed by atoms with Crippen molar-refractivity contribution in [2.75, 3.05) is 11.9 Å². The summed E-state index contributed by atoms with van der Waals surface area (Å²) in [6.45, 7) is 6.62. The van der Waals surface area contributed by atoms with Gasteiger partial charge in [0.2, 0.25) is 5.69 Å². The molecule has 0 bridgehead atoms. The van der Waals surface area contributed by atoms with Gasteiger partial charge in [0.1, 0.15) is 6.17 Å². The summed E-state index contributed by atoms with van der Waals surface area (Å²) in [6.07, 6.45) is 6.78. The summed E-state index contributed by atoms with van der Waals surface area (Å²) in [5.74, 6) is 0. The fraction of sp³-hybridized carbons (Fsp3) is 0.227. The topological polar surface area (TPSA) is 10.4 Å². The molecule has 0 unspecified atom stereocenters. The van der Waals surface area contributed by atoms with Crippen LogP contribution in [-0.2, 0) is 0 Å². The molecule has 0 N–H and O–H groups in total.